The van der Waals surface area contributed by atoms with Crippen LogP contribution in [-0.2, 0) is 12.8 Å². The molecule has 1 aliphatic carbocycles. The van der Waals surface area contributed by atoms with Crippen molar-refractivity contribution in [1.29, 1.82) is 0 Å². The number of likely N-dealkylation sites (tertiary alicyclic amines) is 1. The van der Waals surface area contributed by atoms with Crippen molar-refractivity contribution in [3.63, 3.8) is 0 Å². The molecule has 0 radical (unpaired) electrons. The molecule has 3 aromatic rings. The monoisotopic (exact) mass is 448 g/mol. The van der Waals surface area contributed by atoms with Crippen LogP contribution in [0.2, 0.25) is 5.02 Å². The molecule has 4 nitrogen and oxygen atoms in total. The fraction of sp³-hybridized carbons (Fsp3) is 0.370. The van der Waals surface area contributed by atoms with Crippen molar-refractivity contribution in [3.8, 4) is 11.3 Å². The number of rotatable bonds is 5. The zero-order chi connectivity index (χ0) is 21.9. The molecular weight excluding hydrogens is 420 g/mol. The zero-order valence-corrected chi connectivity index (χ0v) is 19.0. The summed E-state index contributed by atoms with van der Waals surface area (Å²) < 4.78 is 5.78. The second-order valence-corrected chi connectivity index (χ2v) is 9.51. The van der Waals surface area contributed by atoms with Crippen molar-refractivity contribution in [2.45, 2.75) is 38.5 Å². The van der Waals surface area contributed by atoms with Crippen LogP contribution in [-0.4, -0.2) is 30.4 Å². The van der Waals surface area contributed by atoms with Crippen LogP contribution in [0, 0.1) is 5.92 Å². The summed E-state index contributed by atoms with van der Waals surface area (Å²) in [5.41, 5.74) is 4.51. The van der Waals surface area contributed by atoms with Gasteiger partial charge in [0, 0.05) is 22.8 Å². The summed E-state index contributed by atoms with van der Waals surface area (Å²) in [5, 5.41) is 3.67. The average molecular weight is 449 g/mol. The molecule has 1 fully saturated rings. The molecular formula is C27H29ClN2O2. The van der Waals surface area contributed by atoms with E-state index in [4.69, 9.17) is 16.0 Å². The van der Waals surface area contributed by atoms with Crippen LogP contribution in [0.5, 0.6) is 0 Å². The van der Waals surface area contributed by atoms with Gasteiger partial charge < -0.3 is 14.6 Å². The molecule has 1 aromatic heterocycles. The van der Waals surface area contributed by atoms with E-state index in [1.807, 2.05) is 36.4 Å². The minimum Gasteiger partial charge on any atom is -0.451 e. The molecule has 5 rings (SSSR count). The number of aryl methyl sites for hydroxylation is 1. The Morgan fingerprint density at radius 3 is 2.62 bits per heavy atom. The van der Waals surface area contributed by atoms with Crippen molar-refractivity contribution in [2.75, 3.05) is 25.0 Å². The number of hydrogen-bond donors (Lipinski definition) is 1. The van der Waals surface area contributed by atoms with Crippen LogP contribution in [0.4, 0.5) is 5.69 Å². The molecule has 1 N–H and O–H groups in total. The van der Waals surface area contributed by atoms with Gasteiger partial charge in [-0.1, -0.05) is 24.1 Å². The molecule has 32 heavy (non-hydrogen) atoms. The quantitative estimate of drug-likeness (QED) is 0.488. The maximum atomic E-state index is 12.7. The summed E-state index contributed by atoms with van der Waals surface area (Å²) in [6.45, 7) is 3.76. The number of fused-ring (bicyclic) bond motifs is 1. The molecule has 2 aromatic carbocycles. The Hall–Kier alpha value is -2.56. The highest BCUT2D eigenvalue weighted by Crippen LogP contribution is 2.30. The largest absolute Gasteiger partial charge is 0.451 e. The third-order valence-corrected chi connectivity index (χ3v) is 6.97. The normalized spacial score (nSPS) is 18.8. The molecule has 1 aliphatic heterocycles. The smallest absolute Gasteiger partial charge is 0.291 e. The van der Waals surface area contributed by atoms with E-state index < -0.39 is 0 Å². The number of piperidine rings is 1. The Morgan fingerprint density at radius 1 is 1.00 bits per heavy atom. The van der Waals surface area contributed by atoms with Crippen molar-refractivity contribution in [3.05, 3.63) is 76.5 Å². The number of carbonyl (C=O) groups is 1. The van der Waals surface area contributed by atoms with Crippen molar-refractivity contribution in [2.24, 2.45) is 5.92 Å². The summed E-state index contributed by atoms with van der Waals surface area (Å²) in [5.74, 6) is 1.46. The first-order valence-electron chi connectivity index (χ1n) is 11.7. The van der Waals surface area contributed by atoms with E-state index in [0.29, 0.717) is 16.5 Å². The Morgan fingerprint density at radius 2 is 1.81 bits per heavy atom. The molecule has 1 amide bonds. The summed E-state index contributed by atoms with van der Waals surface area (Å²) in [4.78, 5) is 15.4. The Labute approximate surface area is 194 Å². The lowest BCUT2D eigenvalue weighted by molar-refractivity contribution is 0.0997. The number of furan rings is 1. The number of carbonyl (C=O) groups excluding carboxylic acids is 1. The van der Waals surface area contributed by atoms with E-state index in [9.17, 15) is 4.79 Å². The van der Waals surface area contributed by atoms with Gasteiger partial charge in [0.2, 0.25) is 0 Å². The molecule has 0 saturated carbocycles. The predicted octanol–water partition coefficient (Wildman–Crippen LogP) is 6.44. The van der Waals surface area contributed by atoms with Gasteiger partial charge in [0.05, 0.1) is 0 Å². The Bertz CT molecular complexity index is 1080. The second kappa shape index (κ2) is 9.51. The minimum absolute atomic E-state index is 0.232. The lowest BCUT2D eigenvalue weighted by Crippen LogP contribution is -2.36. The molecule has 1 unspecified atom stereocenters. The van der Waals surface area contributed by atoms with Gasteiger partial charge in [-0.15, -0.1) is 0 Å². The van der Waals surface area contributed by atoms with Gasteiger partial charge in [0.1, 0.15) is 5.76 Å². The summed E-state index contributed by atoms with van der Waals surface area (Å²) in [6.07, 6.45) is 7.54. The van der Waals surface area contributed by atoms with Crippen LogP contribution in [0.25, 0.3) is 11.3 Å². The third kappa shape index (κ3) is 4.92. The molecule has 166 valence electrons. The van der Waals surface area contributed by atoms with Gasteiger partial charge >= 0.3 is 0 Å². The minimum atomic E-state index is -0.232. The highest BCUT2D eigenvalue weighted by molar-refractivity contribution is 6.30. The first-order chi connectivity index (χ1) is 15.6. The van der Waals surface area contributed by atoms with E-state index in [1.165, 1.54) is 56.4 Å². The van der Waals surface area contributed by atoms with E-state index in [-0.39, 0.29) is 5.91 Å². The maximum Gasteiger partial charge on any atom is 0.291 e. The van der Waals surface area contributed by atoms with Gasteiger partial charge in [-0.2, -0.15) is 0 Å². The summed E-state index contributed by atoms with van der Waals surface area (Å²) in [6, 6.07) is 17.2. The van der Waals surface area contributed by atoms with Gasteiger partial charge in [-0.3, -0.25) is 4.79 Å². The van der Waals surface area contributed by atoms with Gasteiger partial charge in [-0.05, 0) is 111 Å². The number of hydrogen-bond acceptors (Lipinski definition) is 3. The molecule has 1 atom stereocenters. The molecule has 1 saturated heterocycles. The number of halogens is 1. The van der Waals surface area contributed by atoms with E-state index in [1.54, 1.807) is 6.07 Å². The van der Waals surface area contributed by atoms with Gasteiger partial charge in [-0.25, -0.2) is 0 Å². The average Bonchev–Trinajstić information content (AvgIpc) is 3.31. The van der Waals surface area contributed by atoms with Crippen molar-refractivity contribution < 1.29 is 9.21 Å². The number of benzene rings is 2. The lowest BCUT2D eigenvalue weighted by atomic mass is 9.83. The number of nitrogens with zero attached hydrogens (tertiary/aromatic N) is 1. The zero-order valence-electron chi connectivity index (χ0n) is 18.3. The highest BCUT2D eigenvalue weighted by Gasteiger charge is 2.22. The molecule has 0 bridgehead atoms. The summed E-state index contributed by atoms with van der Waals surface area (Å²) in [7, 11) is 0. The fourth-order valence-electron chi connectivity index (χ4n) is 4.99. The Kier molecular flexibility index (Phi) is 6.33. The maximum absolute atomic E-state index is 12.7. The number of nitrogens with one attached hydrogen (secondary N) is 1. The first-order valence-corrected chi connectivity index (χ1v) is 12.0. The Balaban J connectivity index is 1.21. The number of anilines is 1. The third-order valence-electron chi connectivity index (χ3n) is 6.72. The van der Waals surface area contributed by atoms with Crippen LogP contribution in [0.3, 0.4) is 0 Å². The van der Waals surface area contributed by atoms with Crippen molar-refractivity contribution in [1.82, 2.24) is 4.90 Å². The van der Waals surface area contributed by atoms with Gasteiger partial charge in [0.25, 0.3) is 5.91 Å². The molecule has 0 spiro atoms. The molecule has 2 aliphatic rings. The van der Waals surface area contributed by atoms with Crippen LogP contribution >= 0.6 is 11.6 Å². The van der Waals surface area contributed by atoms with Gasteiger partial charge in [0.15, 0.2) is 5.76 Å². The second-order valence-electron chi connectivity index (χ2n) is 9.08. The first kappa shape index (κ1) is 21.3. The molecule has 2 heterocycles. The van der Waals surface area contributed by atoms with Crippen LogP contribution in [0.15, 0.2) is 59.0 Å². The topological polar surface area (TPSA) is 45.5 Å². The van der Waals surface area contributed by atoms with Crippen LogP contribution < -0.4 is 5.32 Å². The number of amides is 1. The standard InChI is InChI=1S/C27H29ClN2O2/c28-23-9-6-20(7-10-23)25-12-13-26(32-25)27(31)29-24-11-8-21-16-19(4-5-22(21)17-24)18-30-14-2-1-3-15-30/h6-13,17,19H,1-5,14-16,18H2,(H,29,31). The van der Waals surface area contributed by atoms with Crippen molar-refractivity contribution >= 4 is 23.2 Å². The van der Waals surface area contributed by atoms with E-state index >= 15 is 0 Å². The van der Waals surface area contributed by atoms with E-state index in [2.05, 4.69) is 22.3 Å². The van der Waals surface area contributed by atoms with Crippen LogP contribution in [0.1, 0.15) is 47.4 Å². The lowest BCUT2D eigenvalue weighted by Gasteiger charge is -2.33. The van der Waals surface area contributed by atoms with E-state index in [0.717, 1.165) is 30.0 Å². The fourth-order valence-corrected chi connectivity index (χ4v) is 5.12. The molecule has 5 heteroatoms. The summed E-state index contributed by atoms with van der Waals surface area (Å²) >= 11 is 5.95. The highest BCUT2D eigenvalue weighted by atomic mass is 35.5. The SMILES string of the molecule is O=C(Nc1ccc2c(c1)CCC(CN1CCCCC1)C2)c1ccc(-c2ccc(Cl)cc2)o1. The predicted molar refractivity (Wildman–Crippen MR) is 129 cm³/mol.